The maximum atomic E-state index is 14.0. The molecule has 0 aliphatic carbocycles. The van der Waals surface area contributed by atoms with Crippen LogP contribution in [0.25, 0.3) is 11.3 Å². The van der Waals surface area contributed by atoms with E-state index in [1.54, 1.807) is 17.9 Å². The topological polar surface area (TPSA) is 39.1 Å². The molecule has 0 saturated carbocycles. The van der Waals surface area contributed by atoms with Gasteiger partial charge >= 0.3 is 0 Å². The van der Waals surface area contributed by atoms with E-state index >= 15 is 0 Å². The first kappa shape index (κ1) is 15.2. The normalized spacial score (nSPS) is 11.0. The summed E-state index contributed by atoms with van der Waals surface area (Å²) in [7, 11) is 3.49. The van der Waals surface area contributed by atoms with Crippen molar-refractivity contribution < 1.29 is 9.13 Å². The maximum absolute atomic E-state index is 14.0. The summed E-state index contributed by atoms with van der Waals surface area (Å²) >= 11 is 3.26. The Morgan fingerprint density at radius 3 is 2.95 bits per heavy atom. The Balaban J connectivity index is 2.22. The van der Waals surface area contributed by atoms with E-state index in [1.807, 2.05) is 19.3 Å². The molecular formula is C14H17BrFN3O. The number of nitrogens with zero attached hydrogens (tertiary/aromatic N) is 2. The lowest BCUT2D eigenvalue weighted by Crippen LogP contribution is -2.18. The molecule has 2 aromatic rings. The first-order chi connectivity index (χ1) is 9.61. The summed E-state index contributed by atoms with van der Waals surface area (Å²) in [6, 6.07) is 5.00. The van der Waals surface area contributed by atoms with Crippen LogP contribution < -0.4 is 5.32 Å². The third-order valence-electron chi connectivity index (χ3n) is 2.89. The number of nitrogens with one attached hydrogen (secondary N) is 1. The number of hydrogen-bond donors (Lipinski definition) is 1. The van der Waals surface area contributed by atoms with Gasteiger partial charge in [0.2, 0.25) is 0 Å². The van der Waals surface area contributed by atoms with Gasteiger partial charge in [-0.15, -0.1) is 0 Å². The van der Waals surface area contributed by atoms with Gasteiger partial charge in [0.15, 0.2) is 0 Å². The Hall–Kier alpha value is -1.24. The van der Waals surface area contributed by atoms with Crippen molar-refractivity contribution in [2.24, 2.45) is 7.05 Å². The highest BCUT2D eigenvalue weighted by Gasteiger charge is 2.14. The lowest BCUT2D eigenvalue weighted by Gasteiger charge is -2.06. The zero-order chi connectivity index (χ0) is 14.5. The number of halogens is 2. The molecule has 108 valence electrons. The average Bonchev–Trinajstić information content (AvgIpc) is 2.76. The van der Waals surface area contributed by atoms with Crippen molar-refractivity contribution in [1.29, 1.82) is 0 Å². The molecule has 1 heterocycles. The standard InChI is InChI=1S/C14H17BrFN3O/c1-19-9-10(8-17-5-6-20-2)14(18-19)12-4-3-11(15)7-13(12)16/h3-4,7,9,17H,5-6,8H2,1-2H3. The SMILES string of the molecule is COCCNCc1cn(C)nc1-c1ccc(Br)cc1F. The fraction of sp³-hybridized carbons (Fsp3) is 0.357. The lowest BCUT2D eigenvalue weighted by molar-refractivity contribution is 0.199. The molecule has 0 aliphatic rings. The fourth-order valence-corrected chi connectivity index (χ4v) is 2.31. The predicted molar refractivity (Wildman–Crippen MR) is 79.9 cm³/mol. The number of aromatic nitrogens is 2. The monoisotopic (exact) mass is 341 g/mol. The van der Waals surface area contributed by atoms with Crippen LogP contribution in [-0.4, -0.2) is 30.0 Å². The Labute approximate surface area is 126 Å². The fourth-order valence-electron chi connectivity index (χ4n) is 1.97. The van der Waals surface area contributed by atoms with Gasteiger partial charge in [-0.3, -0.25) is 4.68 Å². The number of methoxy groups -OCH3 is 1. The molecule has 0 unspecified atom stereocenters. The van der Waals surface area contributed by atoms with E-state index in [9.17, 15) is 4.39 Å². The smallest absolute Gasteiger partial charge is 0.133 e. The molecule has 0 aliphatic heterocycles. The van der Waals surface area contributed by atoms with Crippen molar-refractivity contribution in [2.75, 3.05) is 20.3 Å². The molecule has 20 heavy (non-hydrogen) atoms. The van der Waals surface area contributed by atoms with Gasteiger partial charge in [0, 0.05) is 49.0 Å². The first-order valence-electron chi connectivity index (χ1n) is 6.29. The molecule has 4 nitrogen and oxygen atoms in total. The number of aryl methyl sites for hydroxylation is 1. The second-order valence-corrected chi connectivity index (χ2v) is 5.39. The van der Waals surface area contributed by atoms with Gasteiger partial charge < -0.3 is 10.1 Å². The summed E-state index contributed by atoms with van der Waals surface area (Å²) in [5.74, 6) is -0.281. The van der Waals surface area contributed by atoms with Crippen molar-refractivity contribution in [3.63, 3.8) is 0 Å². The van der Waals surface area contributed by atoms with Crippen LogP contribution in [0.15, 0.2) is 28.9 Å². The minimum Gasteiger partial charge on any atom is -0.383 e. The zero-order valence-corrected chi connectivity index (χ0v) is 13.1. The summed E-state index contributed by atoms with van der Waals surface area (Å²) in [5, 5.41) is 7.61. The van der Waals surface area contributed by atoms with E-state index in [1.165, 1.54) is 6.07 Å². The number of hydrogen-bond acceptors (Lipinski definition) is 3. The van der Waals surface area contributed by atoms with Gasteiger partial charge in [-0.05, 0) is 18.2 Å². The number of benzene rings is 1. The Morgan fingerprint density at radius 1 is 1.45 bits per heavy atom. The molecule has 0 spiro atoms. The van der Waals surface area contributed by atoms with E-state index in [0.29, 0.717) is 24.4 Å². The van der Waals surface area contributed by atoms with Gasteiger partial charge in [-0.2, -0.15) is 5.10 Å². The largest absolute Gasteiger partial charge is 0.383 e. The number of ether oxygens (including phenoxy) is 1. The average molecular weight is 342 g/mol. The van der Waals surface area contributed by atoms with Gasteiger partial charge in [0.1, 0.15) is 5.82 Å². The second kappa shape index (κ2) is 6.97. The molecule has 0 radical (unpaired) electrons. The first-order valence-corrected chi connectivity index (χ1v) is 7.08. The minimum absolute atomic E-state index is 0.281. The molecular weight excluding hydrogens is 325 g/mol. The molecule has 0 atom stereocenters. The highest BCUT2D eigenvalue weighted by molar-refractivity contribution is 9.10. The quantitative estimate of drug-likeness (QED) is 0.821. The van der Waals surface area contributed by atoms with Crippen molar-refractivity contribution in [2.45, 2.75) is 6.54 Å². The van der Waals surface area contributed by atoms with Crippen molar-refractivity contribution in [3.8, 4) is 11.3 Å². The predicted octanol–water partition coefficient (Wildman–Crippen LogP) is 2.72. The van der Waals surface area contributed by atoms with Crippen LogP contribution in [0.1, 0.15) is 5.56 Å². The highest BCUT2D eigenvalue weighted by atomic mass is 79.9. The summed E-state index contributed by atoms with van der Waals surface area (Å²) < 4.78 is 21.4. The molecule has 0 saturated heterocycles. The Bertz CT molecular complexity index is 586. The summed E-state index contributed by atoms with van der Waals surface area (Å²) in [5.41, 5.74) is 2.14. The van der Waals surface area contributed by atoms with Gasteiger partial charge in [-0.25, -0.2) is 4.39 Å². The van der Waals surface area contributed by atoms with Crippen LogP contribution in [0.3, 0.4) is 0 Å². The second-order valence-electron chi connectivity index (χ2n) is 4.47. The van der Waals surface area contributed by atoms with Crippen LogP contribution >= 0.6 is 15.9 Å². The lowest BCUT2D eigenvalue weighted by atomic mass is 10.1. The third-order valence-corrected chi connectivity index (χ3v) is 3.38. The molecule has 0 fully saturated rings. The van der Waals surface area contributed by atoms with E-state index in [-0.39, 0.29) is 5.82 Å². The third kappa shape index (κ3) is 3.65. The van der Waals surface area contributed by atoms with Crippen molar-refractivity contribution in [1.82, 2.24) is 15.1 Å². The Morgan fingerprint density at radius 2 is 2.25 bits per heavy atom. The van der Waals surface area contributed by atoms with Gasteiger partial charge in [-0.1, -0.05) is 15.9 Å². The van der Waals surface area contributed by atoms with Crippen LogP contribution in [-0.2, 0) is 18.3 Å². The Kier molecular flexibility index (Phi) is 5.28. The molecule has 2 rings (SSSR count). The van der Waals surface area contributed by atoms with E-state index in [2.05, 4.69) is 26.3 Å². The van der Waals surface area contributed by atoms with Crippen LogP contribution in [0.2, 0.25) is 0 Å². The van der Waals surface area contributed by atoms with Crippen LogP contribution in [0, 0.1) is 5.82 Å². The maximum Gasteiger partial charge on any atom is 0.133 e. The molecule has 1 N–H and O–H groups in total. The van der Waals surface area contributed by atoms with Crippen LogP contribution in [0.5, 0.6) is 0 Å². The molecule has 0 bridgehead atoms. The van der Waals surface area contributed by atoms with E-state index in [4.69, 9.17) is 4.74 Å². The molecule has 6 heteroatoms. The van der Waals surface area contributed by atoms with Gasteiger partial charge in [0.05, 0.1) is 12.3 Å². The van der Waals surface area contributed by atoms with E-state index < -0.39 is 0 Å². The number of rotatable bonds is 6. The molecule has 1 aromatic carbocycles. The zero-order valence-electron chi connectivity index (χ0n) is 11.5. The van der Waals surface area contributed by atoms with E-state index in [0.717, 1.165) is 16.6 Å². The molecule has 0 amide bonds. The van der Waals surface area contributed by atoms with Crippen LogP contribution in [0.4, 0.5) is 4.39 Å². The summed E-state index contributed by atoms with van der Waals surface area (Å²) in [6.07, 6.45) is 1.90. The molecule has 1 aromatic heterocycles. The summed E-state index contributed by atoms with van der Waals surface area (Å²) in [6.45, 7) is 2.01. The van der Waals surface area contributed by atoms with Gasteiger partial charge in [0.25, 0.3) is 0 Å². The van der Waals surface area contributed by atoms with Crippen molar-refractivity contribution in [3.05, 3.63) is 40.2 Å². The highest BCUT2D eigenvalue weighted by Crippen LogP contribution is 2.27. The van der Waals surface area contributed by atoms with Crippen molar-refractivity contribution >= 4 is 15.9 Å². The summed E-state index contributed by atoms with van der Waals surface area (Å²) in [4.78, 5) is 0. The minimum atomic E-state index is -0.281.